The van der Waals surface area contributed by atoms with E-state index in [2.05, 4.69) is 47.5 Å². The summed E-state index contributed by atoms with van der Waals surface area (Å²) in [6.45, 7) is 9.41. The third kappa shape index (κ3) is 7.75. The summed E-state index contributed by atoms with van der Waals surface area (Å²) in [5.41, 5.74) is 5.92. The van der Waals surface area contributed by atoms with E-state index in [9.17, 15) is 0 Å². The number of rotatable bonds is 11. The van der Waals surface area contributed by atoms with Crippen LogP contribution in [0.4, 0.5) is 0 Å². The van der Waals surface area contributed by atoms with Gasteiger partial charge >= 0.3 is 0 Å². The van der Waals surface area contributed by atoms with Crippen LogP contribution in [0.15, 0.2) is 54.2 Å². The lowest BCUT2D eigenvalue weighted by Gasteiger charge is -2.13. The summed E-state index contributed by atoms with van der Waals surface area (Å²) in [4.78, 5) is 0. The minimum absolute atomic E-state index is 0.432. The Hall–Kier alpha value is -3.06. The van der Waals surface area contributed by atoms with Crippen molar-refractivity contribution in [3.05, 3.63) is 65.7 Å². The number of nitrogens with one attached hydrogen (secondary N) is 2. The SMILES string of the molecule is C=CCNC(=S)N/N=C\c1ccc(OCCCOc2cc(C)ccc2C)c(OC)c1. The van der Waals surface area contributed by atoms with E-state index in [-0.39, 0.29) is 0 Å². The van der Waals surface area contributed by atoms with Crippen LogP contribution in [0.1, 0.15) is 23.1 Å². The van der Waals surface area contributed by atoms with Crippen molar-refractivity contribution in [2.24, 2.45) is 5.10 Å². The third-order valence-electron chi connectivity index (χ3n) is 4.12. The van der Waals surface area contributed by atoms with Crippen LogP contribution in [0.5, 0.6) is 17.2 Å². The van der Waals surface area contributed by atoms with E-state index in [0.29, 0.717) is 36.4 Å². The number of thiocarbonyl (C=S) groups is 1. The summed E-state index contributed by atoms with van der Waals surface area (Å²) in [6, 6.07) is 11.8. The lowest BCUT2D eigenvalue weighted by atomic mass is 10.1. The van der Waals surface area contributed by atoms with Gasteiger partial charge in [-0.2, -0.15) is 5.10 Å². The van der Waals surface area contributed by atoms with Crippen LogP contribution < -0.4 is 25.0 Å². The Morgan fingerprint density at radius 3 is 2.57 bits per heavy atom. The van der Waals surface area contributed by atoms with Gasteiger partial charge in [0.15, 0.2) is 16.6 Å². The van der Waals surface area contributed by atoms with E-state index < -0.39 is 0 Å². The Labute approximate surface area is 183 Å². The number of nitrogens with zero attached hydrogens (tertiary/aromatic N) is 1. The summed E-state index contributed by atoms with van der Waals surface area (Å²) in [7, 11) is 1.61. The number of benzene rings is 2. The standard InChI is InChI=1S/C23H29N3O3S/c1-5-11-24-23(30)26-25-16-19-9-10-20(22(15-19)27-4)28-12-6-13-29-21-14-17(2)7-8-18(21)3/h5,7-10,14-16H,1,6,11-13H2,2-4H3,(H2,24,26,30)/b25-16-. The number of hydrazone groups is 1. The second-order valence-electron chi connectivity index (χ2n) is 6.60. The molecular weight excluding hydrogens is 398 g/mol. The molecule has 0 spiro atoms. The maximum absolute atomic E-state index is 5.86. The Balaban J connectivity index is 1.81. The average molecular weight is 428 g/mol. The first kappa shape index (κ1) is 23.2. The van der Waals surface area contributed by atoms with Gasteiger partial charge in [0.25, 0.3) is 0 Å². The molecule has 0 aromatic heterocycles. The highest BCUT2D eigenvalue weighted by molar-refractivity contribution is 7.80. The minimum Gasteiger partial charge on any atom is -0.493 e. The molecule has 0 fully saturated rings. The molecule has 0 amide bonds. The van der Waals surface area contributed by atoms with E-state index in [0.717, 1.165) is 23.3 Å². The van der Waals surface area contributed by atoms with Crippen LogP contribution >= 0.6 is 12.2 Å². The second-order valence-corrected chi connectivity index (χ2v) is 7.01. The molecule has 2 aromatic carbocycles. The molecule has 0 heterocycles. The Morgan fingerprint density at radius 1 is 1.07 bits per heavy atom. The fourth-order valence-corrected chi connectivity index (χ4v) is 2.68. The molecule has 0 unspecified atom stereocenters. The van der Waals surface area contributed by atoms with Crippen molar-refractivity contribution in [2.75, 3.05) is 26.9 Å². The van der Waals surface area contributed by atoms with Crippen molar-refractivity contribution in [1.82, 2.24) is 10.7 Å². The first-order valence-electron chi connectivity index (χ1n) is 9.72. The smallest absolute Gasteiger partial charge is 0.187 e. The largest absolute Gasteiger partial charge is 0.493 e. The summed E-state index contributed by atoms with van der Waals surface area (Å²) in [6.07, 6.45) is 4.14. The second kappa shape index (κ2) is 12.5. The molecule has 0 aliphatic heterocycles. The van der Waals surface area contributed by atoms with Gasteiger partial charge < -0.3 is 19.5 Å². The zero-order valence-electron chi connectivity index (χ0n) is 17.7. The van der Waals surface area contributed by atoms with Crippen molar-refractivity contribution in [3.8, 4) is 17.2 Å². The summed E-state index contributed by atoms with van der Waals surface area (Å²) >= 11 is 5.08. The fourth-order valence-electron chi connectivity index (χ4n) is 2.54. The van der Waals surface area contributed by atoms with Crippen molar-refractivity contribution in [2.45, 2.75) is 20.3 Å². The molecule has 2 aromatic rings. The molecule has 0 radical (unpaired) electrons. The van der Waals surface area contributed by atoms with Gasteiger partial charge in [0.2, 0.25) is 0 Å². The maximum atomic E-state index is 5.86. The van der Waals surface area contributed by atoms with Crippen LogP contribution in [-0.2, 0) is 0 Å². The highest BCUT2D eigenvalue weighted by atomic mass is 32.1. The van der Waals surface area contributed by atoms with Crippen LogP contribution in [0.3, 0.4) is 0 Å². The number of methoxy groups -OCH3 is 1. The van der Waals surface area contributed by atoms with E-state index in [1.54, 1.807) is 19.4 Å². The average Bonchev–Trinajstić information content (AvgIpc) is 2.74. The van der Waals surface area contributed by atoms with Crippen molar-refractivity contribution < 1.29 is 14.2 Å². The number of hydrogen-bond acceptors (Lipinski definition) is 5. The van der Waals surface area contributed by atoms with Crippen LogP contribution in [-0.4, -0.2) is 38.2 Å². The zero-order chi connectivity index (χ0) is 21.8. The summed E-state index contributed by atoms with van der Waals surface area (Å²) < 4.78 is 17.2. The van der Waals surface area contributed by atoms with E-state index in [1.165, 1.54) is 5.56 Å². The van der Waals surface area contributed by atoms with Gasteiger partial charge in [-0.05, 0) is 67.0 Å². The van der Waals surface area contributed by atoms with Crippen LogP contribution in [0.2, 0.25) is 0 Å². The molecule has 30 heavy (non-hydrogen) atoms. The van der Waals surface area contributed by atoms with E-state index in [1.807, 2.05) is 25.1 Å². The number of aryl methyl sites for hydroxylation is 2. The van der Waals surface area contributed by atoms with E-state index >= 15 is 0 Å². The topological polar surface area (TPSA) is 64.1 Å². The van der Waals surface area contributed by atoms with Crippen LogP contribution in [0, 0.1) is 13.8 Å². The highest BCUT2D eigenvalue weighted by Crippen LogP contribution is 2.27. The van der Waals surface area contributed by atoms with Gasteiger partial charge in [0, 0.05) is 13.0 Å². The molecule has 160 valence electrons. The predicted octanol–water partition coefficient (Wildman–Crippen LogP) is 4.14. The Bertz CT molecular complexity index is 884. The maximum Gasteiger partial charge on any atom is 0.187 e. The van der Waals surface area contributed by atoms with Gasteiger partial charge in [0.1, 0.15) is 5.75 Å². The lowest BCUT2D eigenvalue weighted by molar-refractivity contribution is 0.239. The summed E-state index contributed by atoms with van der Waals surface area (Å²) in [5, 5.41) is 7.47. The Kier molecular flexibility index (Phi) is 9.67. The van der Waals surface area contributed by atoms with Gasteiger partial charge in [-0.1, -0.05) is 18.2 Å². The first-order chi connectivity index (χ1) is 14.5. The van der Waals surface area contributed by atoms with Crippen molar-refractivity contribution >= 4 is 23.5 Å². The minimum atomic E-state index is 0.432. The van der Waals surface area contributed by atoms with Gasteiger partial charge in [-0.15, -0.1) is 6.58 Å². The molecule has 6 nitrogen and oxygen atoms in total. The van der Waals surface area contributed by atoms with E-state index in [4.69, 9.17) is 26.4 Å². The third-order valence-corrected chi connectivity index (χ3v) is 4.36. The molecule has 0 bridgehead atoms. The Morgan fingerprint density at radius 2 is 1.83 bits per heavy atom. The molecule has 0 atom stereocenters. The normalized spacial score (nSPS) is 10.5. The molecule has 2 rings (SSSR count). The van der Waals surface area contributed by atoms with Gasteiger partial charge in [-0.3, -0.25) is 5.43 Å². The number of hydrogen-bond donors (Lipinski definition) is 2. The predicted molar refractivity (Wildman–Crippen MR) is 126 cm³/mol. The molecule has 7 heteroatoms. The van der Waals surface area contributed by atoms with Crippen molar-refractivity contribution in [1.29, 1.82) is 0 Å². The van der Waals surface area contributed by atoms with Gasteiger partial charge in [-0.25, -0.2) is 0 Å². The number of ether oxygens (including phenoxy) is 3. The molecule has 0 saturated carbocycles. The monoisotopic (exact) mass is 427 g/mol. The van der Waals surface area contributed by atoms with Crippen molar-refractivity contribution in [3.63, 3.8) is 0 Å². The van der Waals surface area contributed by atoms with Gasteiger partial charge in [0.05, 0.1) is 26.5 Å². The first-order valence-corrected chi connectivity index (χ1v) is 10.1. The quantitative estimate of drug-likeness (QED) is 0.185. The highest BCUT2D eigenvalue weighted by Gasteiger charge is 2.06. The summed E-state index contributed by atoms with van der Waals surface area (Å²) in [5.74, 6) is 2.24. The van der Waals surface area contributed by atoms with Crippen LogP contribution in [0.25, 0.3) is 0 Å². The molecule has 0 aliphatic rings. The fraction of sp³-hybridized carbons (Fsp3) is 0.304. The molecular formula is C23H29N3O3S. The molecule has 0 saturated heterocycles. The molecule has 2 N–H and O–H groups in total. The lowest BCUT2D eigenvalue weighted by Crippen LogP contribution is -2.31. The zero-order valence-corrected chi connectivity index (χ0v) is 18.6. The molecule has 0 aliphatic carbocycles.